The van der Waals surface area contributed by atoms with Crippen LogP contribution in [0.4, 0.5) is 0 Å². The number of nitrogens with zero attached hydrogens (tertiary/aromatic N) is 1. The molecule has 0 aliphatic heterocycles. The van der Waals surface area contributed by atoms with E-state index in [1.54, 1.807) is 0 Å². The molecule has 2 fully saturated rings. The maximum atomic E-state index is 10.8. The molecule has 2 aliphatic rings. The van der Waals surface area contributed by atoms with Gasteiger partial charge in [0.2, 0.25) is 0 Å². The molecule has 0 heterocycles. The van der Waals surface area contributed by atoms with Gasteiger partial charge in [0.15, 0.2) is 0 Å². The third-order valence-corrected chi connectivity index (χ3v) is 6.00. The van der Waals surface area contributed by atoms with E-state index >= 15 is 0 Å². The van der Waals surface area contributed by atoms with Crippen LogP contribution in [-0.4, -0.2) is 17.4 Å². The molecule has 0 bridgehead atoms. The number of hydrogen-bond acceptors (Lipinski definition) is 2. The summed E-state index contributed by atoms with van der Waals surface area (Å²) in [7, 11) is 9.78. The number of aliphatic imine (C=N–C) groups is 1. The number of halogens is 2. The van der Waals surface area contributed by atoms with E-state index in [-0.39, 0.29) is 0 Å². The molecule has 0 radical (unpaired) electrons. The minimum atomic E-state index is -0.556. The molecule has 144 valence electrons. The number of rotatable bonds is 3. The molecule has 2 unspecified atom stereocenters. The monoisotopic (exact) mass is 431 g/mol. The van der Waals surface area contributed by atoms with Gasteiger partial charge in [0.1, 0.15) is 5.75 Å². The van der Waals surface area contributed by atoms with Gasteiger partial charge in [-0.05, 0) is 42.2 Å². The van der Waals surface area contributed by atoms with Crippen LogP contribution in [0.5, 0.6) is 5.75 Å². The first-order chi connectivity index (χ1) is 12.6. The summed E-state index contributed by atoms with van der Waals surface area (Å²) in [5, 5.41) is 10.8. The van der Waals surface area contributed by atoms with Crippen LogP contribution >= 0.6 is 18.6 Å². The number of phenols is 1. The van der Waals surface area contributed by atoms with E-state index in [4.69, 9.17) is 23.6 Å². The van der Waals surface area contributed by atoms with E-state index < -0.39 is 17.0 Å². The van der Waals surface area contributed by atoms with Gasteiger partial charge in [0, 0.05) is 17.8 Å². The zero-order valence-corrected chi connectivity index (χ0v) is 19.0. The van der Waals surface area contributed by atoms with Crippen LogP contribution < -0.4 is 0 Å². The van der Waals surface area contributed by atoms with Gasteiger partial charge in [-0.2, -0.15) is 0 Å². The van der Waals surface area contributed by atoms with Crippen molar-refractivity contribution < 1.29 is 22.1 Å². The van der Waals surface area contributed by atoms with E-state index in [1.165, 1.54) is 51.4 Å². The fraction of sp³-hybridized carbons (Fsp3) is 0.667. The van der Waals surface area contributed by atoms with Crippen molar-refractivity contribution in [3.8, 4) is 5.75 Å². The van der Waals surface area contributed by atoms with Gasteiger partial charge >= 0.3 is 35.6 Å². The first-order valence-electron chi connectivity index (χ1n) is 9.89. The van der Waals surface area contributed by atoms with E-state index in [1.807, 2.05) is 12.3 Å². The third kappa shape index (κ3) is 6.26. The van der Waals surface area contributed by atoms with E-state index in [0.717, 1.165) is 11.1 Å². The van der Waals surface area contributed by atoms with Crippen molar-refractivity contribution in [1.29, 1.82) is 0 Å². The Morgan fingerprint density at radius 3 is 2.23 bits per heavy atom. The minimum absolute atomic E-state index is 0.458. The molecule has 2 nitrogen and oxygen atoms in total. The first kappa shape index (κ1) is 22.3. The second-order valence-corrected chi connectivity index (χ2v) is 10.4. The maximum absolute atomic E-state index is 10.8. The second kappa shape index (κ2) is 11.7. The Kier molecular flexibility index (Phi) is 10.1. The predicted octanol–water partition coefficient (Wildman–Crippen LogP) is 7.06. The quantitative estimate of drug-likeness (QED) is 0.403. The van der Waals surface area contributed by atoms with Crippen LogP contribution in [0, 0.1) is 11.8 Å². The van der Waals surface area contributed by atoms with Gasteiger partial charge < -0.3 is 5.11 Å². The summed E-state index contributed by atoms with van der Waals surface area (Å²) < 4.78 is 0. The van der Waals surface area contributed by atoms with Crippen molar-refractivity contribution in [2.75, 3.05) is 0 Å². The number of para-hydroxylation sites is 1. The summed E-state index contributed by atoms with van der Waals surface area (Å²) in [6.07, 6.45) is 12.1. The van der Waals surface area contributed by atoms with Gasteiger partial charge in [0.25, 0.3) is 0 Å². The third-order valence-electron chi connectivity index (χ3n) is 6.00. The SMILES string of the molecule is CC1CCCC(C)C1c1cccc(C=NC2CCCCC2)c1O.[Cl][Ti][Cl]. The molecule has 26 heavy (non-hydrogen) atoms. The topological polar surface area (TPSA) is 32.6 Å². The Balaban J connectivity index is 0.000000758. The van der Waals surface area contributed by atoms with Crippen molar-refractivity contribution in [3.05, 3.63) is 29.3 Å². The molecular formula is C21H31Cl2NOTi. The fourth-order valence-electron chi connectivity index (χ4n) is 4.66. The molecule has 0 aromatic heterocycles. The molecular weight excluding hydrogens is 401 g/mol. The Bertz CT molecular complexity index is 565. The zero-order valence-electron chi connectivity index (χ0n) is 15.9. The van der Waals surface area contributed by atoms with Crippen LogP contribution in [0.3, 0.4) is 0 Å². The summed E-state index contributed by atoms with van der Waals surface area (Å²) in [5.41, 5.74) is 2.04. The van der Waals surface area contributed by atoms with Crippen molar-refractivity contribution in [2.45, 2.75) is 77.2 Å². The summed E-state index contributed by atoms with van der Waals surface area (Å²) >= 11 is -0.556. The number of phenolic OH excluding ortho intramolecular Hbond substituents is 1. The van der Waals surface area contributed by atoms with Crippen molar-refractivity contribution in [1.82, 2.24) is 0 Å². The first-order valence-corrected chi connectivity index (χ1v) is 14.2. The number of benzene rings is 1. The molecule has 2 saturated carbocycles. The normalized spacial score (nSPS) is 27.0. The average Bonchev–Trinajstić information content (AvgIpc) is 2.63. The molecule has 0 amide bonds. The summed E-state index contributed by atoms with van der Waals surface area (Å²) in [5.74, 6) is 2.25. The van der Waals surface area contributed by atoms with Crippen molar-refractivity contribution >= 4 is 24.8 Å². The van der Waals surface area contributed by atoms with Crippen LogP contribution in [0.1, 0.15) is 82.3 Å². The summed E-state index contributed by atoms with van der Waals surface area (Å²) in [6, 6.07) is 6.67. The van der Waals surface area contributed by atoms with Gasteiger partial charge in [-0.1, -0.05) is 64.5 Å². The molecule has 1 aromatic carbocycles. The standard InChI is InChI=1S/C21H31NO.2ClH.Ti/c1-15-8-6-9-16(2)20(15)19-13-7-10-17(21(19)23)14-22-18-11-4-3-5-12-18;;;/h7,10,13-16,18,20,23H,3-6,8-9,11-12H2,1-2H3;2*1H;/q;;;+2/p-2. The fourth-order valence-corrected chi connectivity index (χ4v) is 4.66. The molecule has 5 heteroatoms. The van der Waals surface area contributed by atoms with E-state index in [0.29, 0.717) is 29.5 Å². The van der Waals surface area contributed by atoms with E-state index in [9.17, 15) is 5.11 Å². The van der Waals surface area contributed by atoms with Gasteiger partial charge in [-0.3, -0.25) is 4.99 Å². The average molecular weight is 432 g/mol. The van der Waals surface area contributed by atoms with Crippen LogP contribution in [0.25, 0.3) is 0 Å². The number of hydrogen-bond donors (Lipinski definition) is 1. The molecule has 2 aliphatic carbocycles. The van der Waals surface area contributed by atoms with Crippen LogP contribution in [-0.2, 0) is 17.0 Å². The predicted molar refractivity (Wildman–Crippen MR) is 109 cm³/mol. The van der Waals surface area contributed by atoms with Crippen molar-refractivity contribution in [2.24, 2.45) is 16.8 Å². The van der Waals surface area contributed by atoms with E-state index in [2.05, 4.69) is 26.0 Å². The van der Waals surface area contributed by atoms with Crippen LogP contribution in [0.2, 0.25) is 0 Å². The molecule has 0 saturated heterocycles. The molecule has 1 N–H and O–H groups in total. The number of aromatic hydroxyl groups is 1. The zero-order chi connectivity index (χ0) is 18.9. The van der Waals surface area contributed by atoms with Crippen LogP contribution in [0.15, 0.2) is 23.2 Å². The molecule has 0 spiro atoms. The molecule has 1 aromatic rings. The Labute approximate surface area is 175 Å². The second-order valence-electron chi connectivity index (χ2n) is 7.84. The Morgan fingerprint density at radius 2 is 1.62 bits per heavy atom. The molecule has 2 atom stereocenters. The van der Waals surface area contributed by atoms with Gasteiger partial charge in [-0.15, -0.1) is 0 Å². The summed E-state index contributed by atoms with van der Waals surface area (Å²) in [4.78, 5) is 4.75. The summed E-state index contributed by atoms with van der Waals surface area (Å²) in [6.45, 7) is 4.67. The van der Waals surface area contributed by atoms with Crippen molar-refractivity contribution in [3.63, 3.8) is 0 Å². The molecule has 3 rings (SSSR count). The Morgan fingerprint density at radius 1 is 1.00 bits per heavy atom. The van der Waals surface area contributed by atoms with Gasteiger partial charge in [0.05, 0.1) is 0 Å². The van der Waals surface area contributed by atoms with Gasteiger partial charge in [-0.25, -0.2) is 0 Å². The Hall–Kier alpha value is -0.0157.